The molecule has 0 radical (unpaired) electrons. The molecule has 108 valence electrons. The van der Waals surface area contributed by atoms with Gasteiger partial charge in [-0.2, -0.15) is 0 Å². The van der Waals surface area contributed by atoms with Gasteiger partial charge in [-0.1, -0.05) is 29.3 Å². The number of nitro benzene ring substituents is 1. The molecule has 2 N–H and O–H groups in total. The Kier molecular flexibility index (Phi) is 4.30. The Morgan fingerprint density at radius 2 is 1.81 bits per heavy atom. The topological polar surface area (TPSA) is 92.5 Å². The minimum Gasteiger partial charge on any atom is -0.478 e. The van der Waals surface area contributed by atoms with Crippen molar-refractivity contribution < 1.29 is 14.8 Å². The van der Waals surface area contributed by atoms with Gasteiger partial charge in [-0.3, -0.25) is 10.1 Å². The average Bonchev–Trinajstić information content (AvgIpc) is 2.42. The number of benzene rings is 2. The number of hydrogen-bond acceptors (Lipinski definition) is 4. The molecule has 0 aliphatic rings. The molecule has 2 aromatic rings. The maximum atomic E-state index is 11.2. The van der Waals surface area contributed by atoms with Crippen LogP contribution in [0.1, 0.15) is 10.4 Å². The van der Waals surface area contributed by atoms with Crippen molar-refractivity contribution in [2.24, 2.45) is 0 Å². The van der Waals surface area contributed by atoms with Crippen LogP contribution in [-0.2, 0) is 0 Å². The third-order valence-electron chi connectivity index (χ3n) is 2.67. The third-order valence-corrected chi connectivity index (χ3v) is 3.30. The lowest BCUT2D eigenvalue weighted by Crippen LogP contribution is -2.04. The van der Waals surface area contributed by atoms with Crippen LogP contribution in [0.15, 0.2) is 36.4 Å². The van der Waals surface area contributed by atoms with E-state index >= 15 is 0 Å². The maximum absolute atomic E-state index is 11.2. The first-order valence-corrected chi connectivity index (χ1v) is 6.38. The van der Waals surface area contributed by atoms with E-state index in [1.165, 1.54) is 0 Å². The van der Waals surface area contributed by atoms with Crippen molar-refractivity contribution in [2.75, 3.05) is 5.32 Å². The molecule has 2 rings (SSSR count). The Balaban J connectivity index is 2.53. The summed E-state index contributed by atoms with van der Waals surface area (Å²) in [6, 6.07) is 8.13. The number of hydrogen-bond donors (Lipinski definition) is 2. The summed E-state index contributed by atoms with van der Waals surface area (Å²) < 4.78 is 0. The van der Waals surface area contributed by atoms with Crippen LogP contribution in [0.4, 0.5) is 17.1 Å². The van der Waals surface area contributed by atoms with Crippen LogP contribution in [0, 0.1) is 10.1 Å². The molecular formula is C13H8Cl2N2O4. The smallest absolute Gasteiger partial charge is 0.337 e. The summed E-state index contributed by atoms with van der Waals surface area (Å²) in [5, 5.41) is 23.2. The normalized spacial score (nSPS) is 10.2. The summed E-state index contributed by atoms with van der Waals surface area (Å²) in [6.07, 6.45) is 0. The van der Waals surface area contributed by atoms with Crippen molar-refractivity contribution in [3.8, 4) is 0 Å². The second-order valence-corrected chi connectivity index (χ2v) is 4.83. The standard InChI is InChI=1S/C13H8Cl2N2O4/c14-9-2-1-3-10(15)12(9)16-11-6-7(17(20)21)4-5-8(11)13(18)19/h1-6,16H,(H,18,19). The zero-order valence-corrected chi connectivity index (χ0v) is 11.9. The highest BCUT2D eigenvalue weighted by Gasteiger charge is 2.17. The molecule has 0 fully saturated rings. The van der Waals surface area contributed by atoms with E-state index in [-0.39, 0.29) is 32.7 Å². The molecule has 0 aliphatic carbocycles. The van der Waals surface area contributed by atoms with Gasteiger partial charge in [0.1, 0.15) is 0 Å². The number of anilines is 2. The van der Waals surface area contributed by atoms with Gasteiger partial charge in [-0.25, -0.2) is 4.79 Å². The number of carbonyl (C=O) groups is 1. The fourth-order valence-electron chi connectivity index (χ4n) is 1.69. The number of carboxylic acid groups (broad SMARTS) is 1. The minimum atomic E-state index is -1.23. The first-order valence-electron chi connectivity index (χ1n) is 5.63. The van der Waals surface area contributed by atoms with Gasteiger partial charge in [0.05, 0.1) is 31.9 Å². The first-order chi connectivity index (χ1) is 9.90. The highest BCUT2D eigenvalue weighted by Crippen LogP contribution is 2.34. The molecule has 0 saturated carbocycles. The van der Waals surface area contributed by atoms with Gasteiger partial charge in [0.15, 0.2) is 0 Å². The van der Waals surface area contributed by atoms with E-state index in [1.54, 1.807) is 18.2 Å². The fraction of sp³-hybridized carbons (Fsp3) is 0. The minimum absolute atomic E-state index is 0.0340. The Hall–Kier alpha value is -2.31. The largest absolute Gasteiger partial charge is 0.478 e. The third kappa shape index (κ3) is 3.24. The lowest BCUT2D eigenvalue weighted by atomic mass is 10.1. The zero-order chi connectivity index (χ0) is 15.6. The van der Waals surface area contributed by atoms with Gasteiger partial charge in [0.25, 0.3) is 5.69 Å². The van der Waals surface area contributed by atoms with Crippen LogP contribution in [0.5, 0.6) is 0 Å². The summed E-state index contributed by atoms with van der Waals surface area (Å²) in [4.78, 5) is 21.4. The lowest BCUT2D eigenvalue weighted by Gasteiger charge is -2.12. The van der Waals surface area contributed by atoms with Crippen molar-refractivity contribution in [3.05, 3.63) is 62.1 Å². The molecule has 21 heavy (non-hydrogen) atoms. The molecule has 0 aromatic heterocycles. The van der Waals surface area contributed by atoms with E-state index in [2.05, 4.69) is 5.32 Å². The number of aromatic carboxylic acids is 1. The number of halogens is 2. The SMILES string of the molecule is O=C(O)c1ccc([N+](=O)[O-])cc1Nc1c(Cl)cccc1Cl. The van der Waals surface area contributed by atoms with Crippen LogP contribution in [0.25, 0.3) is 0 Å². The van der Waals surface area contributed by atoms with Crippen molar-refractivity contribution in [1.82, 2.24) is 0 Å². The summed E-state index contributed by atoms with van der Waals surface area (Å²) in [5.41, 5.74) is -0.0576. The summed E-state index contributed by atoms with van der Waals surface area (Å²) in [5.74, 6) is -1.23. The predicted octanol–water partition coefficient (Wildman–Crippen LogP) is 4.34. The van der Waals surface area contributed by atoms with Crippen LogP contribution >= 0.6 is 23.2 Å². The van der Waals surface area contributed by atoms with Crippen LogP contribution < -0.4 is 5.32 Å². The summed E-state index contributed by atoms with van der Waals surface area (Å²) >= 11 is 12.0. The highest BCUT2D eigenvalue weighted by atomic mass is 35.5. The number of nitrogens with zero attached hydrogens (tertiary/aromatic N) is 1. The maximum Gasteiger partial charge on any atom is 0.337 e. The van der Waals surface area contributed by atoms with Gasteiger partial charge in [0, 0.05) is 12.1 Å². The number of para-hydroxylation sites is 1. The van der Waals surface area contributed by atoms with Gasteiger partial charge >= 0.3 is 5.97 Å². The van der Waals surface area contributed by atoms with E-state index in [9.17, 15) is 14.9 Å². The monoisotopic (exact) mass is 326 g/mol. The molecule has 0 bridgehead atoms. The molecule has 0 aliphatic heterocycles. The number of nitro groups is 1. The Morgan fingerprint density at radius 3 is 2.33 bits per heavy atom. The van der Waals surface area contributed by atoms with E-state index in [0.29, 0.717) is 0 Å². The molecule has 8 heteroatoms. The molecule has 0 saturated heterocycles. The molecule has 0 spiro atoms. The van der Waals surface area contributed by atoms with E-state index < -0.39 is 10.9 Å². The fourth-order valence-corrected chi connectivity index (χ4v) is 2.18. The molecule has 0 amide bonds. The second-order valence-electron chi connectivity index (χ2n) is 4.01. The quantitative estimate of drug-likeness (QED) is 0.643. The van der Waals surface area contributed by atoms with Gasteiger partial charge in [-0.15, -0.1) is 0 Å². The van der Waals surface area contributed by atoms with E-state index in [4.69, 9.17) is 28.3 Å². The molecule has 0 unspecified atom stereocenters. The summed E-state index contributed by atoms with van der Waals surface area (Å²) in [6.45, 7) is 0. The Bertz CT molecular complexity index is 714. The van der Waals surface area contributed by atoms with Crippen LogP contribution in [-0.4, -0.2) is 16.0 Å². The predicted molar refractivity (Wildman–Crippen MR) is 79.8 cm³/mol. The van der Waals surface area contributed by atoms with Gasteiger partial charge in [0.2, 0.25) is 0 Å². The van der Waals surface area contributed by atoms with E-state index in [1.807, 2.05) is 0 Å². The molecule has 0 atom stereocenters. The molecule has 0 heterocycles. The Morgan fingerprint density at radius 1 is 1.19 bits per heavy atom. The molecular weight excluding hydrogens is 319 g/mol. The van der Waals surface area contributed by atoms with Crippen molar-refractivity contribution >= 4 is 46.2 Å². The Labute approximate surface area is 129 Å². The number of rotatable bonds is 4. The zero-order valence-electron chi connectivity index (χ0n) is 10.3. The van der Waals surface area contributed by atoms with E-state index in [0.717, 1.165) is 18.2 Å². The molecule has 6 nitrogen and oxygen atoms in total. The van der Waals surface area contributed by atoms with Gasteiger partial charge in [-0.05, 0) is 18.2 Å². The van der Waals surface area contributed by atoms with Crippen LogP contribution in [0.2, 0.25) is 10.0 Å². The second kappa shape index (κ2) is 5.99. The number of nitrogens with one attached hydrogen (secondary N) is 1. The average molecular weight is 327 g/mol. The van der Waals surface area contributed by atoms with Gasteiger partial charge < -0.3 is 10.4 Å². The van der Waals surface area contributed by atoms with Crippen molar-refractivity contribution in [2.45, 2.75) is 0 Å². The number of carboxylic acids is 1. The lowest BCUT2D eigenvalue weighted by molar-refractivity contribution is -0.384. The molecule has 2 aromatic carbocycles. The van der Waals surface area contributed by atoms with Crippen LogP contribution in [0.3, 0.4) is 0 Å². The summed E-state index contributed by atoms with van der Waals surface area (Å²) in [7, 11) is 0. The van der Waals surface area contributed by atoms with Crippen molar-refractivity contribution in [3.63, 3.8) is 0 Å². The number of non-ortho nitro benzene ring substituents is 1. The highest BCUT2D eigenvalue weighted by molar-refractivity contribution is 6.39. The van der Waals surface area contributed by atoms with Crippen molar-refractivity contribution in [1.29, 1.82) is 0 Å². The first kappa shape index (κ1) is 15.1.